The molecular weight excluding hydrogens is 438 g/mol. The van der Waals surface area contributed by atoms with Crippen LogP contribution in [0, 0.1) is 6.92 Å². The number of fused-ring (bicyclic) bond motifs is 1. The summed E-state index contributed by atoms with van der Waals surface area (Å²) in [5.41, 5.74) is 2.86. The summed E-state index contributed by atoms with van der Waals surface area (Å²) in [4.78, 5) is 31.9. The Hall–Kier alpha value is -3.72. The van der Waals surface area contributed by atoms with E-state index in [1.54, 1.807) is 41.8 Å². The van der Waals surface area contributed by atoms with E-state index in [1.165, 1.54) is 18.9 Å². The number of nitrogens with zero attached hydrogens (tertiary/aromatic N) is 3. The third kappa shape index (κ3) is 4.58. The molecule has 0 fully saturated rings. The van der Waals surface area contributed by atoms with Gasteiger partial charge in [0.05, 0.1) is 40.5 Å². The van der Waals surface area contributed by atoms with Gasteiger partial charge in [-0.1, -0.05) is 0 Å². The summed E-state index contributed by atoms with van der Waals surface area (Å²) in [5.74, 6) is -0.0214. The lowest BCUT2D eigenvalue weighted by Crippen LogP contribution is -2.14. The minimum absolute atomic E-state index is 0.0908. The molecule has 0 bridgehead atoms. The van der Waals surface area contributed by atoms with Gasteiger partial charge in [0, 0.05) is 23.5 Å². The van der Waals surface area contributed by atoms with Crippen molar-refractivity contribution in [2.75, 3.05) is 17.7 Å². The zero-order chi connectivity index (χ0) is 23.7. The predicted molar refractivity (Wildman–Crippen MR) is 131 cm³/mol. The molecule has 0 saturated carbocycles. The first-order valence-corrected chi connectivity index (χ1v) is 11.3. The average Bonchev–Trinajstić information content (AvgIpc) is 3.39. The van der Waals surface area contributed by atoms with E-state index >= 15 is 0 Å². The zero-order valence-electron chi connectivity index (χ0n) is 19.1. The molecule has 0 unspecified atom stereocenters. The highest BCUT2D eigenvalue weighted by atomic mass is 32.1. The van der Waals surface area contributed by atoms with Gasteiger partial charge in [0.2, 0.25) is 5.91 Å². The average molecular weight is 464 g/mol. The van der Waals surface area contributed by atoms with Crippen LogP contribution >= 0.6 is 11.3 Å². The molecule has 0 aliphatic heterocycles. The Morgan fingerprint density at radius 3 is 2.55 bits per heavy atom. The van der Waals surface area contributed by atoms with Gasteiger partial charge in [-0.3, -0.25) is 9.59 Å². The van der Waals surface area contributed by atoms with Crippen molar-refractivity contribution in [3.8, 4) is 16.3 Å². The van der Waals surface area contributed by atoms with Crippen LogP contribution in [0.2, 0.25) is 0 Å². The van der Waals surface area contributed by atoms with Gasteiger partial charge in [-0.05, 0) is 57.2 Å². The van der Waals surface area contributed by atoms with Gasteiger partial charge in [0.15, 0.2) is 5.65 Å². The second-order valence-electron chi connectivity index (χ2n) is 7.94. The molecule has 4 aromatic rings. The van der Waals surface area contributed by atoms with Crippen molar-refractivity contribution >= 4 is 45.6 Å². The maximum atomic E-state index is 13.4. The number of methoxy groups -OCH3 is 1. The molecule has 4 rings (SSSR count). The molecule has 170 valence electrons. The minimum Gasteiger partial charge on any atom is -0.495 e. The van der Waals surface area contributed by atoms with Crippen LogP contribution in [-0.4, -0.2) is 33.7 Å². The van der Waals surface area contributed by atoms with E-state index in [2.05, 4.69) is 15.7 Å². The summed E-state index contributed by atoms with van der Waals surface area (Å²) >= 11 is 1.62. The molecular formula is C24H25N5O3S. The van der Waals surface area contributed by atoms with Gasteiger partial charge >= 0.3 is 0 Å². The van der Waals surface area contributed by atoms with Crippen LogP contribution in [0.25, 0.3) is 21.6 Å². The van der Waals surface area contributed by atoms with Crippen LogP contribution < -0.4 is 15.4 Å². The number of ether oxygens (including phenoxy) is 1. The Balaban J connectivity index is 1.77. The van der Waals surface area contributed by atoms with Gasteiger partial charge in [-0.15, -0.1) is 11.3 Å². The number of thiophene rings is 1. The third-order valence-corrected chi connectivity index (χ3v) is 6.08. The number of rotatable bonds is 6. The Bertz CT molecular complexity index is 1360. The van der Waals surface area contributed by atoms with Gasteiger partial charge in [0.25, 0.3) is 5.91 Å². The molecule has 0 radical (unpaired) electrons. The standard InChI is InChI=1S/C24H25N5O3S/c1-13(2)29-23-18(12-25-29)17(11-20(28-23)22-9-6-14(3)33-22)24(31)27-16-7-8-21(32-5)19(10-16)26-15(4)30/h6-13H,1-5H3,(H,26,30)(H,27,31). The highest BCUT2D eigenvalue weighted by Crippen LogP contribution is 2.32. The maximum absolute atomic E-state index is 13.4. The third-order valence-electron chi connectivity index (χ3n) is 5.06. The highest BCUT2D eigenvalue weighted by Gasteiger charge is 2.20. The van der Waals surface area contributed by atoms with Gasteiger partial charge in [0.1, 0.15) is 5.75 Å². The number of nitrogens with one attached hydrogen (secondary N) is 2. The number of hydrogen-bond donors (Lipinski definition) is 2. The molecule has 0 aliphatic carbocycles. The summed E-state index contributed by atoms with van der Waals surface area (Å²) in [6.45, 7) is 7.50. The molecule has 2 N–H and O–H groups in total. The van der Waals surface area contributed by atoms with Crippen LogP contribution in [0.15, 0.2) is 42.6 Å². The van der Waals surface area contributed by atoms with Crippen molar-refractivity contribution in [3.05, 3.63) is 53.0 Å². The molecule has 2 amide bonds. The SMILES string of the molecule is COc1ccc(NC(=O)c2cc(-c3ccc(C)s3)nc3c2cnn3C(C)C)cc1NC(C)=O. The minimum atomic E-state index is -0.292. The Morgan fingerprint density at radius 2 is 1.91 bits per heavy atom. The number of amides is 2. The van der Waals surface area contributed by atoms with E-state index in [-0.39, 0.29) is 17.9 Å². The second-order valence-corrected chi connectivity index (χ2v) is 9.22. The van der Waals surface area contributed by atoms with Crippen molar-refractivity contribution in [2.24, 2.45) is 0 Å². The van der Waals surface area contributed by atoms with Gasteiger partial charge < -0.3 is 15.4 Å². The molecule has 0 saturated heterocycles. The topological polar surface area (TPSA) is 98.1 Å². The monoisotopic (exact) mass is 463 g/mol. The molecule has 9 heteroatoms. The first kappa shape index (κ1) is 22.5. The summed E-state index contributed by atoms with van der Waals surface area (Å²) in [5, 5.41) is 10.8. The number of hydrogen-bond acceptors (Lipinski definition) is 6. The fraction of sp³-hybridized carbons (Fsp3) is 0.250. The Kier molecular flexibility index (Phi) is 6.15. The Morgan fingerprint density at radius 1 is 1.12 bits per heavy atom. The Labute approximate surface area is 195 Å². The van der Waals surface area contributed by atoms with Gasteiger partial charge in [-0.2, -0.15) is 5.10 Å². The van der Waals surface area contributed by atoms with E-state index in [1.807, 2.05) is 37.6 Å². The molecule has 33 heavy (non-hydrogen) atoms. The number of anilines is 2. The van der Waals surface area contributed by atoms with E-state index in [4.69, 9.17) is 9.72 Å². The number of aryl methyl sites for hydroxylation is 1. The molecule has 0 atom stereocenters. The van der Waals surface area contributed by atoms with Crippen LogP contribution in [0.4, 0.5) is 11.4 Å². The van der Waals surface area contributed by atoms with E-state index in [0.717, 1.165) is 10.6 Å². The van der Waals surface area contributed by atoms with Crippen molar-refractivity contribution in [2.45, 2.75) is 33.7 Å². The lowest BCUT2D eigenvalue weighted by atomic mass is 10.1. The molecule has 8 nitrogen and oxygen atoms in total. The quantitative estimate of drug-likeness (QED) is 0.406. The van der Waals surface area contributed by atoms with E-state index < -0.39 is 0 Å². The smallest absolute Gasteiger partial charge is 0.256 e. The number of pyridine rings is 1. The van der Waals surface area contributed by atoms with Crippen LogP contribution in [0.5, 0.6) is 5.75 Å². The van der Waals surface area contributed by atoms with Gasteiger partial charge in [-0.25, -0.2) is 9.67 Å². The number of carbonyl (C=O) groups is 2. The highest BCUT2D eigenvalue weighted by molar-refractivity contribution is 7.15. The van der Waals surface area contributed by atoms with Crippen molar-refractivity contribution < 1.29 is 14.3 Å². The lowest BCUT2D eigenvalue weighted by Gasteiger charge is -2.13. The lowest BCUT2D eigenvalue weighted by molar-refractivity contribution is -0.114. The van der Waals surface area contributed by atoms with E-state index in [9.17, 15) is 9.59 Å². The molecule has 1 aromatic carbocycles. The summed E-state index contributed by atoms with van der Waals surface area (Å²) in [6, 6.07) is 11.0. The fourth-order valence-corrected chi connectivity index (χ4v) is 4.38. The molecule has 0 spiro atoms. The first-order chi connectivity index (χ1) is 15.8. The van der Waals surface area contributed by atoms with Crippen LogP contribution in [0.3, 0.4) is 0 Å². The van der Waals surface area contributed by atoms with Crippen molar-refractivity contribution in [1.29, 1.82) is 0 Å². The maximum Gasteiger partial charge on any atom is 0.256 e. The summed E-state index contributed by atoms with van der Waals surface area (Å²) in [6.07, 6.45) is 1.68. The van der Waals surface area contributed by atoms with Crippen molar-refractivity contribution in [3.63, 3.8) is 0 Å². The second kappa shape index (κ2) is 9.03. The largest absolute Gasteiger partial charge is 0.495 e. The van der Waals surface area contributed by atoms with Crippen LogP contribution in [-0.2, 0) is 4.79 Å². The summed E-state index contributed by atoms with van der Waals surface area (Å²) in [7, 11) is 1.52. The fourth-order valence-electron chi connectivity index (χ4n) is 3.55. The number of benzene rings is 1. The van der Waals surface area contributed by atoms with Crippen LogP contribution in [0.1, 0.15) is 42.0 Å². The molecule has 3 heterocycles. The predicted octanol–water partition coefficient (Wildman–Crippen LogP) is 5.27. The van der Waals surface area contributed by atoms with E-state index in [0.29, 0.717) is 33.7 Å². The number of carbonyl (C=O) groups excluding carboxylic acids is 2. The molecule has 0 aliphatic rings. The normalized spacial score (nSPS) is 11.1. The zero-order valence-corrected chi connectivity index (χ0v) is 19.9. The summed E-state index contributed by atoms with van der Waals surface area (Å²) < 4.78 is 7.11. The number of aromatic nitrogens is 3. The molecule has 3 aromatic heterocycles. The van der Waals surface area contributed by atoms with Crippen molar-refractivity contribution in [1.82, 2.24) is 14.8 Å². The first-order valence-electron chi connectivity index (χ1n) is 10.5.